The molecule has 0 radical (unpaired) electrons. The molecule has 16 heavy (non-hydrogen) atoms. The zero-order valence-electron chi connectivity index (χ0n) is 10.3. The van der Waals surface area contributed by atoms with Crippen LogP contribution in [0.15, 0.2) is 0 Å². The highest BCUT2D eigenvalue weighted by atomic mass is 32.2. The highest BCUT2D eigenvalue weighted by Gasteiger charge is 2.53. The molecular weight excluding hydrogens is 218 g/mol. The van der Waals surface area contributed by atoms with E-state index in [1.165, 1.54) is 25.7 Å². The van der Waals surface area contributed by atoms with E-state index in [1.54, 1.807) is 0 Å². The highest BCUT2D eigenvalue weighted by molar-refractivity contribution is 7.99. The van der Waals surface area contributed by atoms with E-state index < -0.39 is 0 Å². The topological polar surface area (TPSA) is 46.2 Å². The van der Waals surface area contributed by atoms with Crippen LogP contribution in [0, 0.1) is 17.3 Å². The van der Waals surface area contributed by atoms with Crippen molar-refractivity contribution >= 4 is 11.8 Å². The summed E-state index contributed by atoms with van der Waals surface area (Å²) >= 11 is 1.92. The molecule has 2 bridgehead atoms. The highest BCUT2D eigenvalue weighted by Crippen LogP contribution is 2.57. The van der Waals surface area contributed by atoms with Crippen molar-refractivity contribution in [2.45, 2.75) is 45.1 Å². The molecule has 0 aliphatic heterocycles. The molecule has 0 spiro atoms. The summed E-state index contributed by atoms with van der Waals surface area (Å²) in [6.45, 7) is 2.86. The van der Waals surface area contributed by atoms with E-state index >= 15 is 0 Å². The van der Waals surface area contributed by atoms with Crippen molar-refractivity contribution in [3.8, 4) is 0 Å². The minimum absolute atomic E-state index is 0.0806. The molecule has 2 rings (SSSR count). The molecule has 2 fully saturated rings. The van der Waals surface area contributed by atoms with Gasteiger partial charge in [-0.2, -0.15) is 11.8 Å². The quantitative estimate of drug-likeness (QED) is 0.703. The van der Waals surface area contributed by atoms with Crippen LogP contribution in [-0.2, 0) is 0 Å². The number of thioether (sulfide) groups is 1. The summed E-state index contributed by atoms with van der Waals surface area (Å²) in [6, 6.07) is 0. The number of fused-ring (bicyclic) bond motifs is 2. The molecule has 2 aliphatic carbocycles. The summed E-state index contributed by atoms with van der Waals surface area (Å²) in [4.78, 5) is 0. The third-order valence-electron chi connectivity index (χ3n) is 4.81. The summed E-state index contributed by atoms with van der Waals surface area (Å²) in [5, 5.41) is 10.5. The Bertz CT molecular complexity index is 236. The summed E-state index contributed by atoms with van der Waals surface area (Å²) in [5.74, 6) is 3.80. The molecule has 0 aromatic carbocycles. The van der Waals surface area contributed by atoms with Crippen LogP contribution in [0.4, 0.5) is 0 Å². The van der Waals surface area contributed by atoms with E-state index in [4.69, 9.17) is 5.73 Å². The van der Waals surface area contributed by atoms with Crippen molar-refractivity contribution in [3.63, 3.8) is 0 Å². The van der Waals surface area contributed by atoms with E-state index in [0.29, 0.717) is 12.5 Å². The summed E-state index contributed by atoms with van der Waals surface area (Å²) in [6.07, 6.45) is 5.97. The number of nitrogens with two attached hydrogens (primary N) is 1. The fourth-order valence-corrected chi connectivity index (χ4v) is 4.59. The zero-order valence-corrected chi connectivity index (χ0v) is 11.1. The molecule has 0 saturated heterocycles. The van der Waals surface area contributed by atoms with Gasteiger partial charge in [0.05, 0.1) is 6.10 Å². The van der Waals surface area contributed by atoms with Gasteiger partial charge in [-0.1, -0.05) is 13.3 Å². The maximum atomic E-state index is 10.5. The lowest BCUT2D eigenvalue weighted by molar-refractivity contribution is -0.0122. The molecule has 0 amide bonds. The normalized spacial score (nSPS) is 39.2. The van der Waals surface area contributed by atoms with Crippen molar-refractivity contribution in [1.82, 2.24) is 0 Å². The number of hydrogen-bond donors (Lipinski definition) is 2. The molecule has 94 valence electrons. The molecule has 0 aromatic rings. The second-order valence-corrected chi connectivity index (χ2v) is 6.91. The van der Waals surface area contributed by atoms with Crippen molar-refractivity contribution in [2.24, 2.45) is 23.0 Å². The average Bonchev–Trinajstić information content (AvgIpc) is 2.89. The van der Waals surface area contributed by atoms with E-state index in [2.05, 4.69) is 6.92 Å². The number of rotatable bonds is 6. The second-order valence-electron chi connectivity index (χ2n) is 5.52. The van der Waals surface area contributed by atoms with Crippen molar-refractivity contribution in [2.75, 3.05) is 18.1 Å². The van der Waals surface area contributed by atoms with Gasteiger partial charge in [-0.3, -0.25) is 0 Å². The van der Waals surface area contributed by atoms with Gasteiger partial charge >= 0.3 is 0 Å². The van der Waals surface area contributed by atoms with Gasteiger partial charge < -0.3 is 10.8 Å². The van der Waals surface area contributed by atoms with Gasteiger partial charge in [0.2, 0.25) is 0 Å². The number of hydrogen-bond acceptors (Lipinski definition) is 3. The lowest BCUT2D eigenvalue weighted by Crippen LogP contribution is -2.46. The standard InChI is InChI=1S/C13H25NOS/c1-2-16-6-5-12(15)13(9-14)8-10-3-4-11(13)7-10/h10-12,15H,2-9,14H2,1H3. The maximum absolute atomic E-state index is 10.5. The molecular formula is C13H25NOS. The molecule has 4 atom stereocenters. The summed E-state index contributed by atoms with van der Waals surface area (Å²) in [7, 11) is 0. The van der Waals surface area contributed by atoms with Crippen molar-refractivity contribution < 1.29 is 5.11 Å². The van der Waals surface area contributed by atoms with Gasteiger partial charge in [-0.05, 0) is 49.0 Å². The van der Waals surface area contributed by atoms with Gasteiger partial charge in [0.25, 0.3) is 0 Å². The first-order valence-electron chi connectivity index (χ1n) is 6.68. The molecule has 2 aliphatic rings. The van der Waals surface area contributed by atoms with Crippen LogP contribution in [0.3, 0.4) is 0 Å². The predicted molar refractivity (Wildman–Crippen MR) is 70.6 cm³/mol. The molecule has 2 nitrogen and oxygen atoms in total. The maximum Gasteiger partial charge on any atom is 0.0619 e. The molecule has 3 heteroatoms. The van der Waals surface area contributed by atoms with Gasteiger partial charge in [-0.25, -0.2) is 0 Å². The molecule has 3 N–H and O–H groups in total. The molecule has 0 aromatic heterocycles. The fraction of sp³-hybridized carbons (Fsp3) is 1.00. The smallest absolute Gasteiger partial charge is 0.0619 e. The third kappa shape index (κ3) is 2.14. The van der Waals surface area contributed by atoms with E-state index in [9.17, 15) is 5.11 Å². The largest absolute Gasteiger partial charge is 0.392 e. The van der Waals surface area contributed by atoms with Crippen molar-refractivity contribution in [3.05, 3.63) is 0 Å². The Morgan fingerprint density at radius 2 is 2.31 bits per heavy atom. The van der Waals surface area contributed by atoms with Gasteiger partial charge in [0.15, 0.2) is 0 Å². The van der Waals surface area contributed by atoms with Gasteiger partial charge in [-0.15, -0.1) is 0 Å². The Hall–Kier alpha value is 0.270. The van der Waals surface area contributed by atoms with E-state index in [1.807, 2.05) is 11.8 Å². The second kappa shape index (κ2) is 5.28. The fourth-order valence-electron chi connectivity index (χ4n) is 3.91. The molecule has 4 unspecified atom stereocenters. The lowest BCUT2D eigenvalue weighted by atomic mass is 9.68. The zero-order chi connectivity index (χ0) is 11.6. The molecule has 2 saturated carbocycles. The third-order valence-corrected chi connectivity index (χ3v) is 5.74. The van der Waals surface area contributed by atoms with Crippen LogP contribution in [0.2, 0.25) is 0 Å². The van der Waals surface area contributed by atoms with Crippen LogP contribution in [0.25, 0.3) is 0 Å². The predicted octanol–water partition coefficient (Wildman–Crippen LogP) is 2.26. The van der Waals surface area contributed by atoms with Crippen LogP contribution in [0.1, 0.15) is 39.0 Å². The van der Waals surface area contributed by atoms with E-state index in [0.717, 1.165) is 23.8 Å². The summed E-state index contributed by atoms with van der Waals surface area (Å²) < 4.78 is 0. The Morgan fingerprint density at radius 1 is 1.50 bits per heavy atom. The van der Waals surface area contributed by atoms with Crippen LogP contribution >= 0.6 is 11.8 Å². The number of aliphatic hydroxyl groups excluding tert-OH is 1. The first kappa shape index (κ1) is 12.7. The Balaban J connectivity index is 1.93. The van der Waals surface area contributed by atoms with Crippen LogP contribution in [-0.4, -0.2) is 29.3 Å². The average molecular weight is 243 g/mol. The van der Waals surface area contributed by atoms with E-state index in [-0.39, 0.29) is 11.5 Å². The minimum Gasteiger partial charge on any atom is -0.392 e. The monoisotopic (exact) mass is 243 g/mol. The Labute approximate surface area is 103 Å². The van der Waals surface area contributed by atoms with Gasteiger partial charge in [0.1, 0.15) is 0 Å². The minimum atomic E-state index is -0.160. The lowest BCUT2D eigenvalue weighted by Gasteiger charge is -2.41. The van der Waals surface area contributed by atoms with Crippen molar-refractivity contribution in [1.29, 1.82) is 0 Å². The van der Waals surface area contributed by atoms with Gasteiger partial charge in [0, 0.05) is 12.0 Å². The SMILES string of the molecule is CCSCCC(O)C1(CN)CC2CCC1C2. The summed E-state index contributed by atoms with van der Waals surface area (Å²) in [5.41, 5.74) is 6.07. The van der Waals surface area contributed by atoms with Crippen LogP contribution < -0.4 is 5.73 Å². The van der Waals surface area contributed by atoms with Crippen LogP contribution in [0.5, 0.6) is 0 Å². The Kier molecular flexibility index (Phi) is 4.20. The molecule has 0 heterocycles. The first-order chi connectivity index (χ1) is 7.73. The number of aliphatic hydroxyl groups is 1. The Morgan fingerprint density at radius 3 is 2.81 bits per heavy atom. The first-order valence-corrected chi connectivity index (χ1v) is 7.84.